The second-order valence-electron chi connectivity index (χ2n) is 12.6. The molecule has 0 fully saturated rings. The fraction of sp³-hybridized carbons (Fsp3) is 0. The van der Waals surface area contributed by atoms with Crippen molar-refractivity contribution in [2.45, 2.75) is 0 Å². The van der Waals surface area contributed by atoms with Crippen LogP contribution in [0.1, 0.15) is 0 Å². The molecular formula is C48H33N. The van der Waals surface area contributed by atoms with Crippen molar-refractivity contribution in [1.82, 2.24) is 0 Å². The minimum absolute atomic E-state index is 1.11. The van der Waals surface area contributed by atoms with E-state index in [9.17, 15) is 0 Å². The van der Waals surface area contributed by atoms with E-state index in [1.807, 2.05) is 0 Å². The molecular weight excluding hydrogens is 591 g/mol. The van der Waals surface area contributed by atoms with Gasteiger partial charge in [0.1, 0.15) is 0 Å². The average Bonchev–Trinajstić information content (AvgIpc) is 3.18. The SMILES string of the molecule is c1ccc(-c2ccc(N(c3cccc(-c4ccc5ccccc5c4)c3)c3ccc4ccc5ccccc5c4c3)cc2-c2ccccc2)cc1. The van der Waals surface area contributed by atoms with Crippen LogP contribution in [0.5, 0.6) is 0 Å². The van der Waals surface area contributed by atoms with E-state index in [2.05, 4.69) is 205 Å². The van der Waals surface area contributed by atoms with Crippen LogP contribution in [0.2, 0.25) is 0 Å². The molecule has 0 spiro atoms. The number of fused-ring (bicyclic) bond motifs is 4. The van der Waals surface area contributed by atoms with E-state index in [1.54, 1.807) is 0 Å². The van der Waals surface area contributed by atoms with E-state index in [4.69, 9.17) is 0 Å². The Bertz CT molecular complexity index is 2600. The quantitative estimate of drug-likeness (QED) is 0.167. The molecule has 0 aliphatic rings. The van der Waals surface area contributed by atoms with Crippen molar-refractivity contribution in [1.29, 1.82) is 0 Å². The van der Waals surface area contributed by atoms with Gasteiger partial charge >= 0.3 is 0 Å². The number of benzene rings is 9. The van der Waals surface area contributed by atoms with Crippen LogP contribution >= 0.6 is 0 Å². The maximum absolute atomic E-state index is 2.41. The zero-order chi connectivity index (χ0) is 32.6. The average molecular weight is 624 g/mol. The molecule has 9 aromatic carbocycles. The Morgan fingerprint density at radius 1 is 0.245 bits per heavy atom. The summed E-state index contributed by atoms with van der Waals surface area (Å²) in [6.45, 7) is 0. The summed E-state index contributed by atoms with van der Waals surface area (Å²) in [7, 11) is 0. The van der Waals surface area contributed by atoms with E-state index in [-0.39, 0.29) is 0 Å². The number of anilines is 3. The van der Waals surface area contributed by atoms with E-state index >= 15 is 0 Å². The molecule has 0 aromatic heterocycles. The maximum Gasteiger partial charge on any atom is 0.0468 e. The van der Waals surface area contributed by atoms with Gasteiger partial charge in [0.2, 0.25) is 0 Å². The molecule has 0 unspecified atom stereocenters. The van der Waals surface area contributed by atoms with Gasteiger partial charge in [-0.3, -0.25) is 0 Å². The summed E-state index contributed by atoms with van der Waals surface area (Å²) in [5.41, 5.74) is 10.5. The summed E-state index contributed by atoms with van der Waals surface area (Å²) < 4.78 is 0. The van der Waals surface area contributed by atoms with Crippen molar-refractivity contribution < 1.29 is 0 Å². The highest BCUT2D eigenvalue weighted by molar-refractivity contribution is 6.09. The van der Waals surface area contributed by atoms with Crippen molar-refractivity contribution in [2.24, 2.45) is 0 Å². The predicted octanol–water partition coefficient (Wildman–Crippen LogP) is 13.6. The molecule has 0 heterocycles. The molecule has 49 heavy (non-hydrogen) atoms. The normalized spacial score (nSPS) is 11.3. The smallest absolute Gasteiger partial charge is 0.0468 e. The Balaban J connectivity index is 1.27. The standard InChI is InChI=1S/C48H33N/c1-3-13-35(14-4-1)46-29-28-44(33-47(46)36-15-5-2-6-16-36)49(43-27-26-38-24-23-37-17-9-10-21-45(37)48(38)32-43)42-20-11-19-40(31-42)41-25-22-34-12-7-8-18-39(34)30-41/h1-33H. The third-order valence-corrected chi connectivity index (χ3v) is 9.61. The van der Waals surface area contributed by atoms with Gasteiger partial charge in [0.15, 0.2) is 0 Å². The lowest BCUT2D eigenvalue weighted by atomic mass is 9.93. The van der Waals surface area contributed by atoms with E-state index in [0.717, 1.165) is 17.1 Å². The predicted molar refractivity (Wildman–Crippen MR) is 210 cm³/mol. The lowest BCUT2D eigenvalue weighted by molar-refractivity contribution is 1.29. The minimum Gasteiger partial charge on any atom is -0.310 e. The fourth-order valence-electron chi connectivity index (χ4n) is 7.17. The maximum atomic E-state index is 2.41. The molecule has 230 valence electrons. The monoisotopic (exact) mass is 623 g/mol. The summed E-state index contributed by atoms with van der Waals surface area (Å²) >= 11 is 0. The first-order valence-corrected chi connectivity index (χ1v) is 16.8. The van der Waals surface area contributed by atoms with Crippen molar-refractivity contribution >= 4 is 49.4 Å². The van der Waals surface area contributed by atoms with Gasteiger partial charge in [0.25, 0.3) is 0 Å². The van der Waals surface area contributed by atoms with Crippen LogP contribution in [0.4, 0.5) is 17.1 Å². The van der Waals surface area contributed by atoms with Crippen LogP contribution in [0.15, 0.2) is 200 Å². The first-order valence-electron chi connectivity index (χ1n) is 16.8. The summed E-state index contributed by atoms with van der Waals surface area (Å²) in [5.74, 6) is 0. The zero-order valence-corrected chi connectivity index (χ0v) is 27.0. The fourth-order valence-corrected chi connectivity index (χ4v) is 7.17. The molecule has 0 radical (unpaired) electrons. The van der Waals surface area contributed by atoms with Gasteiger partial charge in [-0.05, 0) is 108 Å². The van der Waals surface area contributed by atoms with Crippen molar-refractivity contribution in [3.63, 3.8) is 0 Å². The number of nitrogens with zero attached hydrogens (tertiary/aromatic N) is 1. The Hall–Kier alpha value is -6.44. The summed E-state index contributed by atoms with van der Waals surface area (Å²) in [4.78, 5) is 2.41. The number of hydrogen-bond acceptors (Lipinski definition) is 1. The third-order valence-electron chi connectivity index (χ3n) is 9.61. The van der Waals surface area contributed by atoms with Gasteiger partial charge in [-0.1, -0.05) is 158 Å². The first-order chi connectivity index (χ1) is 24.3. The largest absolute Gasteiger partial charge is 0.310 e. The molecule has 1 nitrogen and oxygen atoms in total. The van der Waals surface area contributed by atoms with Gasteiger partial charge in [-0.2, -0.15) is 0 Å². The van der Waals surface area contributed by atoms with Crippen LogP contribution in [0, 0.1) is 0 Å². The molecule has 0 aliphatic carbocycles. The Labute approximate surface area is 287 Å². The molecule has 1 heteroatoms. The van der Waals surface area contributed by atoms with Gasteiger partial charge < -0.3 is 4.90 Å². The zero-order valence-electron chi connectivity index (χ0n) is 27.0. The first kappa shape index (κ1) is 28.8. The van der Waals surface area contributed by atoms with E-state index in [1.165, 1.54) is 65.7 Å². The van der Waals surface area contributed by atoms with E-state index in [0.29, 0.717) is 0 Å². The molecule has 0 saturated carbocycles. The lowest BCUT2D eigenvalue weighted by Crippen LogP contribution is -2.10. The molecule has 9 aromatic rings. The van der Waals surface area contributed by atoms with Crippen molar-refractivity contribution in [3.05, 3.63) is 200 Å². The van der Waals surface area contributed by atoms with Gasteiger partial charge in [-0.25, -0.2) is 0 Å². The third kappa shape index (κ3) is 5.42. The van der Waals surface area contributed by atoms with Crippen LogP contribution in [0.25, 0.3) is 65.7 Å². The van der Waals surface area contributed by atoms with Gasteiger partial charge in [0.05, 0.1) is 0 Å². The van der Waals surface area contributed by atoms with Gasteiger partial charge in [-0.15, -0.1) is 0 Å². The highest BCUT2D eigenvalue weighted by Crippen LogP contribution is 2.43. The van der Waals surface area contributed by atoms with Crippen molar-refractivity contribution in [3.8, 4) is 33.4 Å². The molecule has 0 atom stereocenters. The molecule has 0 bridgehead atoms. The summed E-state index contributed by atoms with van der Waals surface area (Å²) in [6, 6.07) is 72.6. The molecule has 9 rings (SSSR count). The van der Waals surface area contributed by atoms with Crippen LogP contribution in [0.3, 0.4) is 0 Å². The minimum atomic E-state index is 1.11. The lowest BCUT2D eigenvalue weighted by Gasteiger charge is -2.28. The summed E-state index contributed by atoms with van der Waals surface area (Å²) in [6.07, 6.45) is 0. The second-order valence-corrected chi connectivity index (χ2v) is 12.6. The molecule has 0 N–H and O–H groups in total. The second kappa shape index (κ2) is 12.3. The van der Waals surface area contributed by atoms with E-state index < -0.39 is 0 Å². The Kier molecular flexibility index (Phi) is 7.22. The van der Waals surface area contributed by atoms with Crippen LogP contribution < -0.4 is 4.90 Å². The Morgan fingerprint density at radius 2 is 0.776 bits per heavy atom. The summed E-state index contributed by atoms with van der Waals surface area (Å²) in [5, 5.41) is 7.48. The van der Waals surface area contributed by atoms with Crippen LogP contribution in [-0.4, -0.2) is 0 Å². The van der Waals surface area contributed by atoms with Gasteiger partial charge in [0, 0.05) is 17.1 Å². The number of hydrogen-bond donors (Lipinski definition) is 0. The highest BCUT2D eigenvalue weighted by atomic mass is 15.1. The number of rotatable bonds is 6. The molecule has 0 aliphatic heterocycles. The molecule has 0 saturated heterocycles. The molecule has 0 amide bonds. The van der Waals surface area contributed by atoms with Crippen molar-refractivity contribution in [2.75, 3.05) is 4.90 Å². The topological polar surface area (TPSA) is 3.24 Å². The van der Waals surface area contributed by atoms with Crippen LogP contribution in [-0.2, 0) is 0 Å². The highest BCUT2D eigenvalue weighted by Gasteiger charge is 2.18. The Morgan fingerprint density at radius 3 is 1.57 bits per heavy atom.